The van der Waals surface area contributed by atoms with Crippen molar-refractivity contribution in [3.05, 3.63) is 29.8 Å². The highest BCUT2D eigenvalue weighted by molar-refractivity contribution is 5.74. The third kappa shape index (κ3) is 3.99. The molecule has 4 heteroatoms. The lowest BCUT2D eigenvalue weighted by Gasteiger charge is -2.02. The zero-order chi connectivity index (χ0) is 11.1. The van der Waals surface area contributed by atoms with E-state index < -0.39 is 0 Å². The van der Waals surface area contributed by atoms with Crippen LogP contribution in [0.15, 0.2) is 24.3 Å². The normalized spacial score (nSPS) is 9.73. The van der Waals surface area contributed by atoms with Crippen molar-refractivity contribution in [2.75, 3.05) is 7.11 Å². The van der Waals surface area contributed by atoms with Gasteiger partial charge in [0, 0.05) is 6.42 Å². The molecule has 0 atom stereocenters. The van der Waals surface area contributed by atoms with Crippen LogP contribution in [0.2, 0.25) is 0 Å². The first-order chi connectivity index (χ1) is 7.26. The molecule has 82 valence electrons. The molecule has 0 saturated carbocycles. The number of hydrogen-bond acceptors (Lipinski definition) is 3. The molecule has 1 aromatic rings. The van der Waals surface area contributed by atoms with Crippen LogP contribution in [0.25, 0.3) is 0 Å². The quantitative estimate of drug-likeness (QED) is 0.571. The number of hydroxylamine groups is 1. The Hall–Kier alpha value is -1.55. The Balaban J connectivity index is 2.34. The lowest BCUT2D eigenvalue weighted by atomic mass is 10.1. The fourth-order valence-electron chi connectivity index (χ4n) is 1.30. The molecule has 0 aliphatic carbocycles. The second-order valence-corrected chi connectivity index (χ2v) is 3.24. The highest BCUT2D eigenvalue weighted by Crippen LogP contribution is 2.12. The van der Waals surface area contributed by atoms with Crippen molar-refractivity contribution < 1.29 is 14.7 Å². The van der Waals surface area contributed by atoms with Crippen LogP contribution in [0.1, 0.15) is 18.4 Å². The number of ether oxygens (including phenoxy) is 1. The molecule has 2 N–H and O–H groups in total. The van der Waals surface area contributed by atoms with Crippen LogP contribution < -0.4 is 10.2 Å². The maximum atomic E-state index is 10.7. The number of carbonyl (C=O) groups excluding carboxylic acids is 1. The van der Waals surface area contributed by atoms with Crippen LogP contribution in [0.3, 0.4) is 0 Å². The summed E-state index contributed by atoms with van der Waals surface area (Å²) in [6.07, 6.45) is 1.87. The van der Waals surface area contributed by atoms with E-state index >= 15 is 0 Å². The first-order valence-electron chi connectivity index (χ1n) is 4.82. The maximum absolute atomic E-state index is 10.7. The number of methoxy groups -OCH3 is 1. The number of amides is 1. The van der Waals surface area contributed by atoms with Gasteiger partial charge in [0.25, 0.3) is 0 Å². The summed E-state index contributed by atoms with van der Waals surface area (Å²) in [5, 5.41) is 8.28. The highest BCUT2D eigenvalue weighted by atomic mass is 16.5. The zero-order valence-corrected chi connectivity index (χ0v) is 8.69. The van der Waals surface area contributed by atoms with Gasteiger partial charge in [-0.25, -0.2) is 5.48 Å². The second-order valence-electron chi connectivity index (χ2n) is 3.24. The molecule has 0 saturated heterocycles. The van der Waals surface area contributed by atoms with Gasteiger partial charge in [-0.3, -0.25) is 10.0 Å². The van der Waals surface area contributed by atoms with Gasteiger partial charge >= 0.3 is 0 Å². The van der Waals surface area contributed by atoms with Crippen LogP contribution >= 0.6 is 0 Å². The first kappa shape index (κ1) is 11.5. The average molecular weight is 209 g/mol. The number of carbonyl (C=O) groups is 1. The largest absolute Gasteiger partial charge is 0.497 e. The lowest BCUT2D eigenvalue weighted by Crippen LogP contribution is -2.18. The van der Waals surface area contributed by atoms with Crippen LogP contribution in [-0.4, -0.2) is 18.2 Å². The molecule has 0 unspecified atom stereocenters. The van der Waals surface area contributed by atoms with E-state index in [-0.39, 0.29) is 5.91 Å². The SMILES string of the molecule is COc1ccc(CCCC(=O)NO)cc1. The monoisotopic (exact) mass is 209 g/mol. The van der Waals surface area contributed by atoms with E-state index in [0.717, 1.165) is 24.2 Å². The summed E-state index contributed by atoms with van der Waals surface area (Å²) in [6, 6.07) is 7.72. The number of benzene rings is 1. The molecular weight excluding hydrogens is 194 g/mol. The van der Waals surface area contributed by atoms with E-state index in [0.29, 0.717) is 6.42 Å². The van der Waals surface area contributed by atoms with Crippen LogP contribution in [0.5, 0.6) is 5.75 Å². The van der Waals surface area contributed by atoms with Crippen molar-refractivity contribution in [3.63, 3.8) is 0 Å². The fourth-order valence-corrected chi connectivity index (χ4v) is 1.30. The summed E-state index contributed by atoms with van der Waals surface area (Å²) < 4.78 is 5.03. The number of hydrogen-bond donors (Lipinski definition) is 2. The van der Waals surface area contributed by atoms with Gasteiger partial charge in [-0.2, -0.15) is 0 Å². The highest BCUT2D eigenvalue weighted by Gasteiger charge is 1.99. The van der Waals surface area contributed by atoms with Crippen LogP contribution in [0.4, 0.5) is 0 Å². The van der Waals surface area contributed by atoms with E-state index in [2.05, 4.69) is 0 Å². The van der Waals surface area contributed by atoms with E-state index in [4.69, 9.17) is 9.94 Å². The van der Waals surface area contributed by atoms with Crippen molar-refractivity contribution in [1.29, 1.82) is 0 Å². The Bertz CT molecular complexity index is 308. The minimum atomic E-state index is -0.344. The van der Waals surface area contributed by atoms with E-state index in [1.165, 1.54) is 0 Å². The predicted molar refractivity (Wildman–Crippen MR) is 55.9 cm³/mol. The molecule has 0 aliphatic rings. The molecule has 0 bridgehead atoms. The molecule has 0 radical (unpaired) electrons. The van der Waals surface area contributed by atoms with Crippen LogP contribution in [-0.2, 0) is 11.2 Å². The molecule has 1 amide bonds. The van der Waals surface area contributed by atoms with E-state index in [1.807, 2.05) is 24.3 Å². The third-order valence-electron chi connectivity index (χ3n) is 2.15. The van der Waals surface area contributed by atoms with Gasteiger partial charge in [0.1, 0.15) is 5.75 Å². The van der Waals surface area contributed by atoms with E-state index in [1.54, 1.807) is 12.6 Å². The van der Waals surface area contributed by atoms with Crippen molar-refractivity contribution in [3.8, 4) is 5.75 Å². The topological polar surface area (TPSA) is 58.6 Å². The molecule has 1 rings (SSSR count). The summed E-state index contributed by atoms with van der Waals surface area (Å²) in [6.45, 7) is 0. The number of rotatable bonds is 5. The van der Waals surface area contributed by atoms with Crippen molar-refractivity contribution in [2.45, 2.75) is 19.3 Å². The lowest BCUT2D eigenvalue weighted by molar-refractivity contribution is -0.129. The Morgan fingerprint density at radius 1 is 1.40 bits per heavy atom. The van der Waals surface area contributed by atoms with Crippen LogP contribution in [0, 0.1) is 0 Å². The zero-order valence-electron chi connectivity index (χ0n) is 8.69. The van der Waals surface area contributed by atoms with Gasteiger partial charge in [0.05, 0.1) is 7.11 Å². The van der Waals surface area contributed by atoms with Crippen molar-refractivity contribution >= 4 is 5.91 Å². The summed E-state index contributed by atoms with van der Waals surface area (Å²) in [7, 11) is 1.63. The summed E-state index contributed by atoms with van der Waals surface area (Å²) in [5.74, 6) is 0.482. The van der Waals surface area contributed by atoms with Gasteiger partial charge < -0.3 is 4.74 Å². The molecular formula is C11H15NO3. The minimum Gasteiger partial charge on any atom is -0.497 e. The van der Waals surface area contributed by atoms with Gasteiger partial charge in [0.2, 0.25) is 5.91 Å². The molecule has 0 fully saturated rings. The Kier molecular flexibility index (Phi) is 4.63. The summed E-state index contributed by atoms with van der Waals surface area (Å²) in [4.78, 5) is 10.7. The van der Waals surface area contributed by atoms with Gasteiger partial charge in [0.15, 0.2) is 0 Å². The predicted octanol–water partition coefficient (Wildman–Crippen LogP) is 1.52. The molecule has 15 heavy (non-hydrogen) atoms. The van der Waals surface area contributed by atoms with Gasteiger partial charge in [-0.1, -0.05) is 12.1 Å². The summed E-state index contributed by atoms with van der Waals surface area (Å²) >= 11 is 0. The molecule has 0 spiro atoms. The Morgan fingerprint density at radius 2 is 2.07 bits per heavy atom. The second kappa shape index (κ2) is 6.03. The van der Waals surface area contributed by atoms with Gasteiger partial charge in [-0.15, -0.1) is 0 Å². The first-order valence-corrected chi connectivity index (χ1v) is 4.82. The molecule has 0 heterocycles. The maximum Gasteiger partial charge on any atom is 0.243 e. The molecule has 0 aliphatic heterocycles. The number of nitrogens with one attached hydrogen (secondary N) is 1. The van der Waals surface area contributed by atoms with Crippen molar-refractivity contribution in [2.24, 2.45) is 0 Å². The fraction of sp³-hybridized carbons (Fsp3) is 0.364. The third-order valence-corrected chi connectivity index (χ3v) is 2.15. The standard InChI is InChI=1S/C11H15NO3/c1-15-10-7-5-9(6-8-10)3-2-4-11(13)12-14/h5-8,14H,2-4H2,1H3,(H,12,13). The smallest absolute Gasteiger partial charge is 0.243 e. The average Bonchev–Trinajstić information content (AvgIpc) is 2.29. The Labute approximate surface area is 88.8 Å². The van der Waals surface area contributed by atoms with Crippen molar-refractivity contribution in [1.82, 2.24) is 5.48 Å². The van der Waals surface area contributed by atoms with Gasteiger partial charge in [-0.05, 0) is 30.5 Å². The summed E-state index contributed by atoms with van der Waals surface area (Å²) in [5.41, 5.74) is 2.76. The number of aryl methyl sites for hydroxylation is 1. The molecule has 4 nitrogen and oxygen atoms in total. The van der Waals surface area contributed by atoms with E-state index in [9.17, 15) is 4.79 Å². The minimum absolute atomic E-state index is 0.336. The molecule has 0 aromatic heterocycles. The molecule has 1 aromatic carbocycles. The Morgan fingerprint density at radius 3 is 2.60 bits per heavy atom.